The van der Waals surface area contributed by atoms with Gasteiger partial charge in [-0.3, -0.25) is 9.69 Å². The van der Waals surface area contributed by atoms with E-state index in [2.05, 4.69) is 39.8 Å². The first-order chi connectivity index (χ1) is 17.6. The monoisotopic (exact) mass is 487 g/mol. The molecule has 1 amide bonds. The van der Waals surface area contributed by atoms with Crippen molar-refractivity contribution in [2.75, 3.05) is 51.8 Å². The van der Waals surface area contributed by atoms with Gasteiger partial charge in [-0.25, -0.2) is 0 Å². The van der Waals surface area contributed by atoms with Gasteiger partial charge < -0.3 is 25.2 Å². The number of carbonyl (C=O) groups excluding carboxylic acids is 1. The van der Waals surface area contributed by atoms with Crippen LogP contribution in [0.4, 0.5) is 5.69 Å². The van der Waals surface area contributed by atoms with Gasteiger partial charge in [0, 0.05) is 25.3 Å². The summed E-state index contributed by atoms with van der Waals surface area (Å²) in [5.41, 5.74) is 5.04. The lowest BCUT2D eigenvalue weighted by atomic mass is 9.73. The van der Waals surface area contributed by atoms with Crippen LogP contribution in [0.1, 0.15) is 22.3 Å². The topological polar surface area (TPSA) is 83.1 Å². The van der Waals surface area contributed by atoms with Crippen LogP contribution in [0, 0.1) is 0 Å². The van der Waals surface area contributed by atoms with Crippen molar-refractivity contribution in [1.82, 2.24) is 10.2 Å². The number of hydrogen-bond acceptors (Lipinski definition) is 6. The normalized spacial score (nSPS) is 19.9. The predicted octanol–water partition coefficient (Wildman–Crippen LogP) is 3.30. The highest BCUT2D eigenvalue weighted by Gasteiger charge is 2.38. The molecule has 0 aromatic heterocycles. The van der Waals surface area contributed by atoms with Crippen molar-refractivity contribution in [2.45, 2.75) is 18.4 Å². The Morgan fingerprint density at radius 2 is 1.83 bits per heavy atom. The average Bonchev–Trinajstić information content (AvgIpc) is 2.90. The number of methoxy groups -OCH3 is 1. The van der Waals surface area contributed by atoms with Crippen molar-refractivity contribution in [1.29, 1.82) is 0 Å². The summed E-state index contributed by atoms with van der Waals surface area (Å²) in [5.74, 6) is 1.09. The third-order valence-corrected chi connectivity index (χ3v) is 7.13. The Morgan fingerprint density at radius 3 is 2.56 bits per heavy atom. The lowest BCUT2D eigenvalue weighted by Gasteiger charge is -2.41. The quantitative estimate of drug-likeness (QED) is 0.474. The Labute approximate surface area is 212 Å². The summed E-state index contributed by atoms with van der Waals surface area (Å²) < 4.78 is 10.9. The fraction of sp³-hybridized carbons (Fsp3) is 0.345. The Bertz CT molecular complexity index is 1190. The number of morpholine rings is 1. The number of carbonyl (C=O) groups is 1. The second-order valence-corrected chi connectivity index (χ2v) is 9.46. The SMILES string of the molecule is COc1ccc2c(c1)CCNC2(Cc1ccc(O)cc1)c1ccc(NC(=O)CN2CCOCC2)cc1. The lowest BCUT2D eigenvalue weighted by molar-refractivity contribution is -0.118. The molecule has 0 aliphatic carbocycles. The van der Waals surface area contributed by atoms with Crippen LogP contribution >= 0.6 is 0 Å². The van der Waals surface area contributed by atoms with Gasteiger partial charge in [-0.05, 0) is 71.5 Å². The van der Waals surface area contributed by atoms with Gasteiger partial charge in [0.15, 0.2) is 0 Å². The van der Waals surface area contributed by atoms with Crippen LogP contribution in [-0.4, -0.2) is 62.4 Å². The number of amides is 1. The molecule has 2 aliphatic rings. The summed E-state index contributed by atoms with van der Waals surface area (Å²) in [4.78, 5) is 14.7. The summed E-state index contributed by atoms with van der Waals surface area (Å²) in [6.07, 6.45) is 1.63. The number of hydrogen-bond donors (Lipinski definition) is 3. The molecule has 7 nitrogen and oxygen atoms in total. The first kappa shape index (κ1) is 24.3. The number of rotatable bonds is 7. The zero-order chi connectivity index (χ0) is 25.0. The van der Waals surface area contributed by atoms with E-state index in [-0.39, 0.29) is 11.7 Å². The van der Waals surface area contributed by atoms with Crippen LogP contribution in [0.5, 0.6) is 11.5 Å². The van der Waals surface area contributed by atoms with Crippen LogP contribution in [0.3, 0.4) is 0 Å². The smallest absolute Gasteiger partial charge is 0.238 e. The van der Waals surface area contributed by atoms with E-state index in [9.17, 15) is 9.90 Å². The molecule has 0 bridgehead atoms. The zero-order valence-corrected chi connectivity index (χ0v) is 20.6. The number of ether oxygens (including phenoxy) is 2. The van der Waals surface area contributed by atoms with E-state index in [1.54, 1.807) is 19.2 Å². The maximum Gasteiger partial charge on any atom is 0.238 e. The highest BCUT2D eigenvalue weighted by Crippen LogP contribution is 2.39. The summed E-state index contributed by atoms with van der Waals surface area (Å²) in [6.45, 7) is 4.10. The zero-order valence-electron chi connectivity index (χ0n) is 20.6. The first-order valence-electron chi connectivity index (χ1n) is 12.5. The maximum atomic E-state index is 12.6. The van der Waals surface area contributed by atoms with E-state index in [0.717, 1.165) is 55.0 Å². The van der Waals surface area contributed by atoms with E-state index < -0.39 is 5.54 Å². The standard InChI is InChI=1S/C29H33N3O4/c1-35-26-10-11-27-22(18-26)12-13-30-29(27,19-21-2-8-25(33)9-3-21)23-4-6-24(7-5-23)31-28(34)20-32-14-16-36-17-15-32/h2-11,18,30,33H,12-17,19-20H2,1H3,(H,31,34). The highest BCUT2D eigenvalue weighted by atomic mass is 16.5. The molecule has 2 heterocycles. The highest BCUT2D eigenvalue weighted by molar-refractivity contribution is 5.92. The summed E-state index contributed by atoms with van der Waals surface area (Å²) >= 11 is 0. The minimum atomic E-state index is -0.451. The number of nitrogens with one attached hydrogen (secondary N) is 2. The molecule has 3 N–H and O–H groups in total. The van der Waals surface area contributed by atoms with E-state index in [1.165, 1.54) is 11.1 Å². The van der Waals surface area contributed by atoms with Gasteiger partial charge in [0.2, 0.25) is 5.91 Å². The van der Waals surface area contributed by atoms with E-state index >= 15 is 0 Å². The first-order valence-corrected chi connectivity index (χ1v) is 12.5. The lowest BCUT2D eigenvalue weighted by Crippen LogP contribution is -2.49. The third kappa shape index (κ3) is 5.23. The molecule has 5 rings (SSSR count). The molecule has 2 aliphatic heterocycles. The molecule has 36 heavy (non-hydrogen) atoms. The van der Waals surface area contributed by atoms with Crippen molar-refractivity contribution in [3.63, 3.8) is 0 Å². The molecule has 3 aromatic rings. The average molecular weight is 488 g/mol. The molecule has 3 aromatic carbocycles. The fourth-order valence-corrected chi connectivity index (χ4v) is 5.26. The van der Waals surface area contributed by atoms with Crippen molar-refractivity contribution in [2.24, 2.45) is 0 Å². The minimum absolute atomic E-state index is 0.0170. The molecule has 7 heteroatoms. The van der Waals surface area contributed by atoms with Crippen molar-refractivity contribution in [3.8, 4) is 11.5 Å². The number of nitrogens with zero attached hydrogens (tertiary/aromatic N) is 1. The Kier molecular flexibility index (Phi) is 7.23. The largest absolute Gasteiger partial charge is 0.508 e. The molecule has 1 saturated heterocycles. The van der Waals surface area contributed by atoms with Crippen LogP contribution < -0.4 is 15.4 Å². The predicted molar refractivity (Wildman–Crippen MR) is 140 cm³/mol. The molecule has 188 valence electrons. The molecular formula is C29H33N3O4. The van der Waals surface area contributed by atoms with Gasteiger partial charge in [0.05, 0.1) is 32.4 Å². The molecule has 1 atom stereocenters. The number of fused-ring (bicyclic) bond motifs is 1. The van der Waals surface area contributed by atoms with E-state index in [1.807, 2.05) is 30.3 Å². The van der Waals surface area contributed by atoms with Gasteiger partial charge in [0.1, 0.15) is 11.5 Å². The maximum absolute atomic E-state index is 12.6. The summed E-state index contributed by atoms with van der Waals surface area (Å²) in [5, 5.41) is 16.6. The Hall–Kier alpha value is -3.39. The molecule has 0 spiro atoms. The van der Waals surface area contributed by atoms with Crippen molar-refractivity contribution in [3.05, 3.63) is 89.0 Å². The summed E-state index contributed by atoms with van der Waals surface area (Å²) in [7, 11) is 1.69. The number of benzene rings is 3. The van der Waals surface area contributed by atoms with Crippen LogP contribution in [-0.2, 0) is 27.9 Å². The van der Waals surface area contributed by atoms with Gasteiger partial charge in [0.25, 0.3) is 0 Å². The molecular weight excluding hydrogens is 454 g/mol. The minimum Gasteiger partial charge on any atom is -0.508 e. The van der Waals surface area contributed by atoms with Crippen LogP contribution in [0.15, 0.2) is 66.7 Å². The van der Waals surface area contributed by atoms with Crippen molar-refractivity contribution >= 4 is 11.6 Å². The number of phenols is 1. The van der Waals surface area contributed by atoms with Gasteiger partial charge in [-0.2, -0.15) is 0 Å². The Morgan fingerprint density at radius 1 is 1.08 bits per heavy atom. The molecule has 0 saturated carbocycles. The molecule has 1 unspecified atom stereocenters. The van der Waals surface area contributed by atoms with Crippen LogP contribution in [0.25, 0.3) is 0 Å². The summed E-state index contributed by atoms with van der Waals surface area (Å²) in [6, 6.07) is 21.8. The van der Waals surface area contributed by atoms with Crippen molar-refractivity contribution < 1.29 is 19.4 Å². The molecule has 0 radical (unpaired) electrons. The van der Waals surface area contributed by atoms with Gasteiger partial charge in [-0.1, -0.05) is 30.3 Å². The van der Waals surface area contributed by atoms with E-state index in [4.69, 9.17) is 9.47 Å². The fourth-order valence-electron chi connectivity index (χ4n) is 5.26. The Balaban J connectivity index is 1.43. The molecule has 1 fully saturated rings. The number of aromatic hydroxyl groups is 1. The van der Waals surface area contributed by atoms with Gasteiger partial charge in [-0.15, -0.1) is 0 Å². The van der Waals surface area contributed by atoms with Crippen LogP contribution in [0.2, 0.25) is 0 Å². The second-order valence-electron chi connectivity index (χ2n) is 9.46. The number of phenolic OH excluding ortho intramolecular Hbond substituents is 1. The van der Waals surface area contributed by atoms with E-state index in [0.29, 0.717) is 19.8 Å². The third-order valence-electron chi connectivity index (χ3n) is 7.13. The van der Waals surface area contributed by atoms with Gasteiger partial charge >= 0.3 is 0 Å². The number of anilines is 1. The second kappa shape index (κ2) is 10.7.